The van der Waals surface area contributed by atoms with Crippen molar-refractivity contribution in [2.75, 3.05) is 7.11 Å². The quantitative estimate of drug-likeness (QED) is 0.740. The van der Waals surface area contributed by atoms with Gasteiger partial charge in [-0.15, -0.1) is 0 Å². The summed E-state index contributed by atoms with van der Waals surface area (Å²) in [4.78, 5) is 0.201. The molecule has 0 saturated carbocycles. The minimum Gasteiger partial charge on any atom is -0.497 e. The Balaban J connectivity index is 2.34. The number of methoxy groups -OCH3 is 1. The molecule has 0 aliphatic carbocycles. The van der Waals surface area contributed by atoms with Gasteiger partial charge in [-0.3, -0.25) is 0 Å². The smallest absolute Gasteiger partial charge is 0.119 e. The van der Waals surface area contributed by atoms with Crippen molar-refractivity contribution in [1.82, 2.24) is 0 Å². The van der Waals surface area contributed by atoms with Crippen LogP contribution in [-0.4, -0.2) is 7.11 Å². The Morgan fingerprint density at radius 3 is 2.33 bits per heavy atom. The Morgan fingerprint density at radius 2 is 1.67 bits per heavy atom. The van der Waals surface area contributed by atoms with Crippen molar-refractivity contribution >= 4 is 15.9 Å². The molecule has 1 unspecified atom stereocenters. The van der Waals surface area contributed by atoms with Gasteiger partial charge in [0.2, 0.25) is 0 Å². The molecule has 0 fully saturated rings. The average Bonchev–Trinajstić information content (AvgIpc) is 2.41. The third-order valence-corrected chi connectivity index (χ3v) is 4.27. The van der Waals surface area contributed by atoms with Crippen LogP contribution in [0.15, 0.2) is 42.5 Å². The molecule has 0 spiro atoms. The van der Waals surface area contributed by atoms with Crippen LogP contribution in [0, 0.1) is 13.8 Å². The molecule has 0 aromatic heterocycles. The van der Waals surface area contributed by atoms with Gasteiger partial charge in [-0.05, 0) is 48.2 Å². The van der Waals surface area contributed by atoms with E-state index in [1.54, 1.807) is 7.11 Å². The second kappa shape index (κ2) is 5.57. The number of hydrogen-bond donors (Lipinski definition) is 0. The molecule has 0 aliphatic heterocycles. The topological polar surface area (TPSA) is 9.23 Å². The molecular formula is C16H17BrO. The van der Waals surface area contributed by atoms with Crippen LogP contribution in [0.25, 0.3) is 0 Å². The zero-order valence-electron chi connectivity index (χ0n) is 10.9. The third kappa shape index (κ3) is 2.75. The molecule has 0 saturated heterocycles. The molecule has 2 heteroatoms. The summed E-state index contributed by atoms with van der Waals surface area (Å²) < 4.78 is 5.26. The van der Waals surface area contributed by atoms with Crippen LogP contribution in [0.4, 0.5) is 0 Å². The molecule has 1 atom stereocenters. The Morgan fingerprint density at radius 1 is 0.944 bits per heavy atom. The fourth-order valence-corrected chi connectivity index (χ4v) is 2.48. The van der Waals surface area contributed by atoms with Gasteiger partial charge >= 0.3 is 0 Å². The van der Waals surface area contributed by atoms with E-state index in [2.05, 4.69) is 60.1 Å². The van der Waals surface area contributed by atoms with Crippen molar-refractivity contribution in [2.45, 2.75) is 18.7 Å². The molecule has 0 radical (unpaired) electrons. The van der Waals surface area contributed by atoms with Crippen LogP contribution in [-0.2, 0) is 0 Å². The fraction of sp³-hybridized carbons (Fsp3) is 0.250. The lowest BCUT2D eigenvalue weighted by atomic mass is 10.0. The zero-order valence-corrected chi connectivity index (χ0v) is 12.5. The summed E-state index contributed by atoms with van der Waals surface area (Å²) in [5, 5.41) is 0. The van der Waals surface area contributed by atoms with E-state index < -0.39 is 0 Å². The highest BCUT2D eigenvalue weighted by Crippen LogP contribution is 2.33. The van der Waals surface area contributed by atoms with Gasteiger partial charge in [-0.25, -0.2) is 0 Å². The van der Waals surface area contributed by atoms with E-state index in [1.807, 2.05) is 12.1 Å². The first-order chi connectivity index (χ1) is 8.61. The summed E-state index contributed by atoms with van der Waals surface area (Å²) in [5.74, 6) is 0.890. The minimum absolute atomic E-state index is 0.201. The molecule has 2 aromatic rings. The van der Waals surface area contributed by atoms with Crippen molar-refractivity contribution in [3.8, 4) is 5.75 Å². The molecule has 0 amide bonds. The highest BCUT2D eigenvalue weighted by molar-refractivity contribution is 9.09. The van der Waals surface area contributed by atoms with E-state index in [4.69, 9.17) is 4.74 Å². The SMILES string of the molecule is COc1cccc(C(Br)c2ccc(C)c(C)c2)c1. The Bertz CT molecular complexity index is 549. The number of halogens is 1. The first kappa shape index (κ1) is 13.2. The van der Waals surface area contributed by atoms with Crippen LogP contribution in [0.3, 0.4) is 0 Å². The summed E-state index contributed by atoms with van der Waals surface area (Å²) in [6, 6.07) is 14.7. The van der Waals surface area contributed by atoms with E-state index in [9.17, 15) is 0 Å². The molecular weight excluding hydrogens is 288 g/mol. The number of alkyl halides is 1. The van der Waals surface area contributed by atoms with Gasteiger partial charge in [0.1, 0.15) is 5.75 Å². The van der Waals surface area contributed by atoms with Crippen molar-refractivity contribution in [2.24, 2.45) is 0 Å². The van der Waals surface area contributed by atoms with E-state index in [1.165, 1.54) is 22.3 Å². The molecule has 1 nitrogen and oxygen atoms in total. The van der Waals surface area contributed by atoms with Crippen molar-refractivity contribution in [1.29, 1.82) is 0 Å². The van der Waals surface area contributed by atoms with Crippen LogP contribution < -0.4 is 4.74 Å². The lowest BCUT2D eigenvalue weighted by Crippen LogP contribution is -1.95. The van der Waals surface area contributed by atoms with Crippen LogP contribution in [0.5, 0.6) is 5.75 Å². The summed E-state index contributed by atoms with van der Waals surface area (Å²) >= 11 is 3.76. The van der Waals surface area contributed by atoms with Crippen LogP contribution in [0.2, 0.25) is 0 Å². The Labute approximate surface area is 117 Å². The van der Waals surface area contributed by atoms with Crippen molar-refractivity contribution < 1.29 is 4.74 Å². The molecule has 18 heavy (non-hydrogen) atoms. The number of rotatable bonds is 3. The zero-order chi connectivity index (χ0) is 13.1. The summed E-state index contributed by atoms with van der Waals surface area (Å²) in [6.07, 6.45) is 0. The summed E-state index contributed by atoms with van der Waals surface area (Å²) in [7, 11) is 1.69. The van der Waals surface area contributed by atoms with Gasteiger partial charge in [-0.2, -0.15) is 0 Å². The molecule has 0 heterocycles. The maximum absolute atomic E-state index is 5.26. The standard InChI is InChI=1S/C16H17BrO/c1-11-7-8-14(9-12(11)2)16(17)13-5-4-6-15(10-13)18-3/h4-10,16H,1-3H3. The van der Waals surface area contributed by atoms with E-state index in [0.717, 1.165) is 5.75 Å². The Hall–Kier alpha value is -1.28. The number of ether oxygens (including phenoxy) is 1. The first-order valence-electron chi connectivity index (χ1n) is 5.97. The van der Waals surface area contributed by atoms with Crippen LogP contribution in [0.1, 0.15) is 27.1 Å². The van der Waals surface area contributed by atoms with Crippen molar-refractivity contribution in [3.63, 3.8) is 0 Å². The number of benzene rings is 2. The van der Waals surface area contributed by atoms with Gasteiger partial charge in [0.05, 0.1) is 11.9 Å². The lowest BCUT2D eigenvalue weighted by molar-refractivity contribution is 0.414. The highest BCUT2D eigenvalue weighted by Gasteiger charge is 2.11. The Kier molecular flexibility index (Phi) is 4.07. The first-order valence-corrected chi connectivity index (χ1v) is 6.88. The second-order valence-electron chi connectivity index (χ2n) is 4.48. The highest BCUT2D eigenvalue weighted by atomic mass is 79.9. The number of hydrogen-bond acceptors (Lipinski definition) is 1. The van der Waals surface area contributed by atoms with Gasteiger partial charge in [0, 0.05) is 0 Å². The monoisotopic (exact) mass is 304 g/mol. The summed E-state index contributed by atoms with van der Waals surface area (Å²) in [6.45, 7) is 4.28. The third-order valence-electron chi connectivity index (χ3n) is 3.21. The van der Waals surface area contributed by atoms with E-state index in [0.29, 0.717) is 0 Å². The maximum atomic E-state index is 5.26. The van der Waals surface area contributed by atoms with Gasteiger partial charge in [0.15, 0.2) is 0 Å². The molecule has 2 rings (SSSR count). The molecule has 2 aromatic carbocycles. The lowest BCUT2D eigenvalue weighted by Gasteiger charge is -2.13. The van der Waals surface area contributed by atoms with Crippen molar-refractivity contribution in [3.05, 3.63) is 64.7 Å². The van der Waals surface area contributed by atoms with Crippen LogP contribution >= 0.6 is 15.9 Å². The largest absolute Gasteiger partial charge is 0.497 e. The molecule has 0 N–H and O–H groups in total. The number of aryl methyl sites for hydroxylation is 2. The van der Waals surface area contributed by atoms with Gasteiger partial charge in [-0.1, -0.05) is 46.3 Å². The van der Waals surface area contributed by atoms with Gasteiger partial charge in [0.25, 0.3) is 0 Å². The van der Waals surface area contributed by atoms with E-state index >= 15 is 0 Å². The minimum atomic E-state index is 0.201. The molecule has 0 bridgehead atoms. The average molecular weight is 305 g/mol. The summed E-state index contributed by atoms with van der Waals surface area (Å²) in [5.41, 5.74) is 5.12. The molecule has 0 aliphatic rings. The second-order valence-corrected chi connectivity index (χ2v) is 5.40. The fourth-order valence-electron chi connectivity index (χ4n) is 1.91. The van der Waals surface area contributed by atoms with E-state index in [-0.39, 0.29) is 4.83 Å². The maximum Gasteiger partial charge on any atom is 0.119 e. The predicted molar refractivity (Wildman–Crippen MR) is 79.7 cm³/mol. The molecule has 94 valence electrons. The van der Waals surface area contributed by atoms with Gasteiger partial charge < -0.3 is 4.74 Å². The predicted octanol–water partition coefficient (Wildman–Crippen LogP) is 4.80. The normalized spacial score (nSPS) is 12.2.